The van der Waals surface area contributed by atoms with Crippen molar-refractivity contribution >= 4 is 51.9 Å². The number of imidazole rings is 1. The maximum Gasteiger partial charge on any atom is 0.207 e. The van der Waals surface area contributed by atoms with Gasteiger partial charge in [-0.05, 0) is 24.3 Å². The highest BCUT2D eigenvalue weighted by atomic mass is 35.5. The Bertz CT molecular complexity index is 782. The van der Waals surface area contributed by atoms with Crippen molar-refractivity contribution in [3.63, 3.8) is 0 Å². The highest BCUT2D eigenvalue weighted by Gasteiger charge is 2.15. The van der Waals surface area contributed by atoms with Gasteiger partial charge in [-0.15, -0.1) is 0 Å². The summed E-state index contributed by atoms with van der Waals surface area (Å²) in [7, 11) is 0. The zero-order valence-corrected chi connectivity index (χ0v) is 11.7. The first kappa shape index (κ1) is 12.5. The van der Waals surface area contributed by atoms with E-state index in [1.807, 2.05) is 6.07 Å². The van der Waals surface area contributed by atoms with Crippen LogP contribution in [0.1, 0.15) is 0 Å². The third-order valence-electron chi connectivity index (χ3n) is 2.67. The molecule has 19 heavy (non-hydrogen) atoms. The molecule has 4 nitrogen and oxygen atoms in total. The normalized spacial score (nSPS) is 11.1. The van der Waals surface area contributed by atoms with Crippen molar-refractivity contribution in [2.24, 2.45) is 0 Å². The molecule has 0 saturated heterocycles. The maximum atomic E-state index is 6.19. The van der Waals surface area contributed by atoms with Crippen LogP contribution in [0.3, 0.4) is 0 Å². The fraction of sp³-hybridized carbons (Fsp3) is 0. The average molecular weight is 314 g/mol. The Hall–Kier alpha value is -1.49. The van der Waals surface area contributed by atoms with Gasteiger partial charge in [0.2, 0.25) is 5.95 Å². The van der Waals surface area contributed by atoms with Crippen LogP contribution in [-0.2, 0) is 0 Å². The largest absolute Gasteiger partial charge is 0.369 e. The number of rotatable bonds is 1. The zero-order chi connectivity index (χ0) is 13.6. The minimum Gasteiger partial charge on any atom is -0.369 e. The van der Waals surface area contributed by atoms with Crippen LogP contribution < -0.4 is 5.73 Å². The van der Waals surface area contributed by atoms with E-state index in [1.54, 1.807) is 29.0 Å². The van der Waals surface area contributed by atoms with Gasteiger partial charge < -0.3 is 5.73 Å². The predicted octanol–water partition coefficient (Wildman–Crippen LogP) is 3.96. The van der Waals surface area contributed by atoms with E-state index in [-0.39, 0.29) is 5.95 Å². The molecule has 0 atom stereocenters. The second-order valence-electron chi connectivity index (χ2n) is 3.87. The minimum absolute atomic E-state index is 0.286. The Balaban J connectivity index is 2.36. The molecule has 0 unspecified atom stereocenters. The first-order chi connectivity index (χ1) is 9.08. The first-order valence-corrected chi connectivity index (χ1v) is 6.45. The van der Waals surface area contributed by atoms with Crippen LogP contribution in [0.4, 0.5) is 5.95 Å². The number of anilines is 1. The second-order valence-corrected chi connectivity index (χ2v) is 5.09. The first-order valence-electron chi connectivity index (χ1n) is 5.32. The van der Waals surface area contributed by atoms with Crippen LogP contribution in [0, 0.1) is 0 Å². The molecule has 2 heterocycles. The Morgan fingerprint density at radius 3 is 2.58 bits per heavy atom. The SMILES string of the molecule is Nc1nc2cccnc2n1-c1cc(Cl)c(Cl)cc1Cl. The summed E-state index contributed by atoms with van der Waals surface area (Å²) in [5.41, 5.74) is 7.81. The number of hydrogen-bond acceptors (Lipinski definition) is 3. The van der Waals surface area contributed by atoms with Crippen molar-refractivity contribution in [3.8, 4) is 5.69 Å². The van der Waals surface area contributed by atoms with Crippen molar-refractivity contribution in [3.05, 3.63) is 45.5 Å². The van der Waals surface area contributed by atoms with E-state index >= 15 is 0 Å². The molecule has 0 saturated carbocycles. The molecule has 0 spiro atoms. The monoisotopic (exact) mass is 312 g/mol. The van der Waals surface area contributed by atoms with E-state index in [9.17, 15) is 0 Å². The summed E-state index contributed by atoms with van der Waals surface area (Å²) in [5.74, 6) is 0.286. The van der Waals surface area contributed by atoms with Crippen molar-refractivity contribution in [1.29, 1.82) is 0 Å². The van der Waals surface area contributed by atoms with Crippen molar-refractivity contribution in [2.45, 2.75) is 0 Å². The quantitative estimate of drug-likeness (QED) is 0.692. The number of benzene rings is 1. The van der Waals surface area contributed by atoms with E-state index < -0.39 is 0 Å². The van der Waals surface area contributed by atoms with Crippen molar-refractivity contribution in [1.82, 2.24) is 14.5 Å². The van der Waals surface area contributed by atoms with Crippen LogP contribution >= 0.6 is 34.8 Å². The molecule has 0 aliphatic rings. The van der Waals surface area contributed by atoms with Gasteiger partial charge in [-0.1, -0.05) is 34.8 Å². The topological polar surface area (TPSA) is 56.7 Å². The molecular weight excluding hydrogens is 307 g/mol. The van der Waals surface area contributed by atoms with Crippen LogP contribution in [0.2, 0.25) is 15.1 Å². The van der Waals surface area contributed by atoms with Gasteiger partial charge in [-0.2, -0.15) is 0 Å². The van der Waals surface area contributed by atoms with Crippen molar-refractivity contribution in [2.75, 3.05) is 5.73 Å². The highest BCUT2D eigenvalue weighted by molar-refractivity contribution is 6.43. The number of halogens is 3. The molecule has 0 amide bonds. The Morgan fingerprint density at radius 2 is 1.79 bits per heavy atom. The number of nitrogens with zero attached hydrogens (tertiary/aromatic N) is 3. The van der Waals surface area contributed by atoms with Crippen molar-refractivity contribution < 1.29 is 0 Å². The molecule has 0 bridgehead atoms. The van der Waals surface area contributed by atoms with Gasteiger partial charge >= 0.3 is 0 Å². The summed E-state index contributed by atoms with van der Waals surface area (Å²) in [6, 6.07) is 6.81. The summed E-state index contributed by atoms with van der Waals surface area (Å²) in [6.45, 7) is 0. The Morgan fingerprint density at radius 1 is 1.05 bits per heavy atom. The van der Waals surface area contributed by atoms with E-state index in [0.29, 0.717) is 31.9 Å². The smallest absolute Gasteiger partial charge is 0.207 e. The average Bonchev–Trinajstić information content (AvgIpc) is 2.70. The van der Waals surface area contributed by atoms with Gasteiger partial charge in [0.25, 0.3) is 0 Å². The second kappa shape index (κ2) is 4.56. The number of pyridine rings is 1. The van der Waals surface area contributed by atoms with Crippen LogP contribution in [0.15, 0.2) is 30.5 Å². The number of nitrogens with two attached hydrogens (primary N) is 1. The summed E-state index contributed by atoms with van der Waals surface area (Å²) in [4.78, 5) is 8.48. The third-order valence-corrected chi connectivity index (χ3v) is 3.70. The molecule has 3 rings (SSSR count). The van der Waals surface area contributed by atoms with E-state index in [0.717, 1.165) is 0 Å². The van der Waals surface area contributed by atoms with Crippen LogP contribution in [0.25, 0.3) is 16.9 Å². The molecule has 2 aromatic heterocycles. The maximum absolute atomic E-state index is 6.19. The lowest BCUT2D eigenvalue weighted by atomic mass is 10.3. The molecule has 96 valence electrons. The lowest BCUT2D eigenvalue weighted by Gasteiger charge is -2.09. The van der Waals surface area contributed by atoms with Gasteiger partial charge in [0, 0.05) is 6.20 Å². The van der Waals surface area contributed by atoms with Crippen LogP contribution in [0.5, 0.6) is 0 Å². The van der Waals surface area contributed by atoms with Gasteiger partial charge in [0.1, 0.15) is 5.52 Å². The molecule has 7 heteroatoms. The Labute approximate surface area is 123 Å². The summed E-state index contributed by atoms with van der Waals surface area (Å²) in [6.07, 6.45) is 1.66. The fourth-order valence-corrected chi connectivity index (χ4v) is 2.48. The molecule has 3 aromatic rings. The summed E-state index contributed by atoms with van der Waals surface area (Å²) in [5, 5.41) is 1.19. The summed E-state index contributed by atoms with van der Waals surface area (Å²) >= 11 is 18.1. The number of aromatic nitrogens is 3. The highest BCUT2D eigenvalue weighted by Crippen LogP contribution is 2.33. The molecule has 0 aliphatic carbocycles. The molecular formula is C12H7Cl3N4. The summed E-state index contributed by atoms with van der Waals surface area (Å²) < 4.78 is 1.64. The van der Waals surface area contributed by atoms with E-state index in [4.69, 9.17) is 40.5 Å². The predicted molar refractivity (Wildman–Crippen MR) is 78.3 cm³/mol. The van der Waals surface area contributed by atoms with E-state index in [2.05, 4.69) is 9.97 Å². The van der Waals surface area contributed by atoms with Gasteiger partial charge in [0.05, 0.1) is 20.8 Å². The zero-order valence-electron chi connectivity index (χ0n) is 9.44. The number of hydrogen-bond donors (Lipinski definition) is 1. The lowest BCUT2D eigenvalue weighted by molar-refractivity contribution is 1.08. The third kappa shape index (κ3) is 2.02. The minimum atomic E-state index is 0.286. The Kier molecular flexibility index (Phi) is 3.01. The fourth-order valence-electron chi connectivity index (χ4n) is 1.85. The van der Waals surface area contributed by atoms with Gasteiger partial charge in [-0.25, -0.2) is 9.97 Å². The lowest BCUT2D eigenvalue weighted by Crippen LogP contribution is -2.02. The van der Waals surface area contributed by atoms with Gasteiger partial charge in [0.15, 0.2) is 5.65 Å². The van der Waals surface area contributed by atoms with E-state index in [1.165, 1.54) is 0 Å². The van der Waals surface area contributed by atoms with Crippen LogP contribution in [-0.4, -0.2) is 14.5 Å². The molecule has 2 N–H and O–H groups in total. The van der Waals surface area contributed by atoms with Gasteiger partial charge in [-0.3, -0.25) is 4.57 Å². The standard InChI is InChI=1S/C12H7Cl3N4/c13-6-4-8(15)10(5-7(6)14)19-11-9(18-12(19)16)2-1-3-17-11/h1-5H,(H2,16,18). The molecule has 1 aromatic carbocycles. The number of fused-ring (bicyclic) bond motifs is 1. The number of nitrogen functional groups attached to an aromatic ring is 1. The molecule has 0 aliphatic heterocycles. The molecule has 0 radical (unpaired) electrons. The molecule has 0 fully saturated rings.